The van der Waals surface area contributed by atoms with E-state index in [9.17, 15) is 5.11 Å². The van der Waals surface area contributed by atoms with Gasteiger partial charge >= 0.3 is 0 Å². The molecule has 1 N–H and O–H groups in total. The predicted octanol–water partition coefficient (Wildman–Crippen LogP) is 3.77. The molecule has 2 rings (SSSR count). The van der Waals surface area contributed by atoms with E-state index in [1.807, 2.05) is 13.8 Å². The normalized spacial score (nSPS) is 32.9. The maximum atomic E-state index is 9.94. The van der Waals surface area contributed by atoms with Gasteiger partial charge in [0.15, 0.2) is 12.1 Å². The minimum Gasteiger partial charge on any atom is -0.391 e. The van der Waals surface area contributed by atoms with Crippen molar-refractivity contribution in [2.45, 2.75) is 116 Å². The van der Waals surface area contributed by atoms with Gasteiger partial charge in [0.25, 0.3) is 0 Å². The first kappa shape index (κ1) is 20.1. The van der Waals surface area contributed by atoms with Crippen LogP contribution in [0, 0.1) is 0 Å². The van der Waals surface area contributed by atoms with E-state index >= 15 is 0 Å². The fourth-order valence-electron chi connectivity index (χ4n) is 3.54. The van der Waals surface area contributed by atoms with Gasteiger partial charge in [0.05, 0.1) is 6.10 Å². The third-order valence-corrected chi connectivity index (χ3v) is 4.81. The monoisotopic (exact) mass is 344 g/mol. The van der Waals surface area contributed by atoms with E-state index in [2.05, 4.69) is 6.92 Å². The third-order valence-electron chi connectivity index (χ3n) is 4.81. The van der Waals surface area contributed by atoms with Crippen LogP contribution in [-0.2, 0) is 18.9 Å². The summed E-state index contributed by atoms with van der Waals surface area (Å²) in [5.74, 6) is -0.654. The molecule has 0 aliphatic carbocycles. The molecule has 0 aromatic carbocycles. The second kappa shape index (κ2) is 9.48. The van der Waals surface area contributed by atoms with Gasteiger partial charge in [-0.2, -0.15) is 0 Å². The maximum Gasteiger partial charge on any atom is 0.190 e. The molecule has 2 saturated heterocycles. The molecule has 5 atom stereocenters. The van der Waals surface area contributed by atoms with Crippen LogP contribution in [0.5, 0.6) is 0 Å². The number of rotatable bonds is 11. The van der Waals surface area contributed by atoms with Crippen LogP contribution in [0.2, 0.25) is 0 Å². The van der Waals surface area contributed by atoms with Crippen molar-refractivity contribution in [3.8, 4) is 0 Å². The van der Waals surface area contributed by atoms with Crippen molar-refractivity contribution in [3.63, 3.8) is 0 Å². The van der Waals surface area contributed by atoms with Crippen molar-refractivity contribution in [3.05, 3.63) is 0 Å². The quantitative estimate of drug-likeness (QED) is 0.578. The molecule has 2 aliphatic rings. The van der Waals surface area contributed by atoms with E-state index < -0.39 is 18.2 Å². The van der Waals surface area contributed by atoms with Crippen LogP contribution in [0.3, 0.4) is 0 Å². The Balaban J connectivity index is 1.66. The fourth-order valence-corrected chi connectivity index (χ4v) is 3.54. The molecule has 142 valence electrons. The zero-order chi connectivity index (χ0) is 17.6. The Morgan fingerprint density at radius 1 is 1.00 bits per heavy atom. The van der Waals surface area contributed by atoms with E-state index in [0.29, 0.717) is 6.61 Å². The molecular weight excluding hydrogens is 308 g/mol. The van der Waals surface area contributed by atoms with E-state index in [-0.39, 0.29) is 18.3 Å². The van der Waals surface area contributed by atoms with Crippen LogP contribution >= 0.6 is 0 Å². The summed E-state index contributed by atoms with van der Waals surface area (Å²) in [6, 6.07) is 0. The molecule has 0 spiro atoms. The van der Waals surface area contributed by atoms with Crippen molar-refractivity contribution in [1.29, 1.82) is 0 Å². The fraction of sp³-hybridized carbons (Fsp3) is 1.00. The smallest absolute Gasteiger partial charge is 0.190 e. The molecule has 0 bridgehead atoms. The van der Waals surface area contributed by atoms with Crippen LogP contribution in [0.4, 0.5) is 0 Å². The lowest BCUT2D eigenvalue weighted by Crippen LogP contribution is -2.41. The summed E-state index contributed by atoms with van der Waals surface area (Å²) in [6.45, 7) is 8.40. The molecule has 0 radical (unpaired) electrons. The highest BCUT2D eigenvalue weighted by Crippen LogP contribution is 2.39. The van der Waals surface area contributed by atoms with Gasteiger partial charge in [0.2, 0.25) is 0 Å². The van der Waals surface area contributed by atoms with Crippen molar-refractivity contribution >= 4 is 0 Å². The standard InChI is InChI=1S/C19H36O5/c1-5-6-7-8-9-10-11-12-13-21-16-15(14(2)20)22-18-17(16)23-19(3,4)24-18/h14-18,20H,5-13H2,1-4H3/t14-,15-,16+,17-,18-/m1/s1. The van der Waals surface area contributed by atoms with E-state index in [4.69, 9.17) is 18.9 Å². The number of hydrogen-bond acceptors (Lipinski definition) is 5. The molecule has 0 aromatic heterocycles. The molecule has 0 unspecified atom stereocenters. The van der Waals surface area contributed by atoms with Crippen LogP contribution in [0.15, 0.2) is 0 Å². The Morgan fingerprint density at radius 3 is 2.25 bits per heavy atom. The minimum atomic E-state index is -0.654. The summed E-state index contributed by atoms with van der Waals surface area (Å²) < 4.78 is 23.5. The lowest BCUT2D eigenvalue weighted by molar-refractivity contribution is -0.228. The Kier molecular flexibility index (Phi) is 7.95. The SMILES string of the molecule is CCCCCCCCCCO[C@@H]1[C@H]2OC(C)(C)O[C@H]2O[C@@H]1[C@@H](C)O. The van der Waals surface area contributed by atoms with Gasteiger partial charge in [-0.15, -0.1) is 0 Å². The Hall–Kier alpha value is -0.200. The number of fused-ring (bicyclic) bond motifs is 1. The first-order valence-corrected chi connectivity index (χ1v) is 9.75. The highest BCUT2D eigenvalue weighted by Gasteiger charge is 2.56. The first-order chi connectivity index (χ1) is 11.4. The summed E-state index contributed by atoms with van der Waals surface area (Å²) in [5, 5.41) is 9.94. The lowest BCUT2D eigenvalue weighted by Gasteiger charge is -2.27. The van der Waals surface area contributed by atoms with Crippen molar-refractivity contribution < 1.29 is 24.1 Å². The average Bonchev–Trinajstić information content (AvgIpc) is 2.98. The van der Waals surface area contributed by atoms with Crippen LogP contribution in [0.1, 0.15) is 79.1 Å². The number of aliphatic hydroxyl groups excluding tert-OH is 1. The van der Waals surface area contributed by atoms with E-state index in [1.54, 1.807) is 6.92 Å². The molecule has 2 heterocycles. The van der Waals surface area contributed by atoms with Crippen LogP contribution in [0.25, 0.3) is 0 Å². The van der Waals surface area contributed by atoms with Gasteiger partial charge < -0.3 is 24.1 Å². The van der Waals surface area contributed by atoms with Gasteiger partial charge in [0, 0.05) is 6.61 Å². The van der Waals surface area contributed by atoms with E-state index in [0.717, 1.165) is 6.42 Å². The maximum absolute atomic E-state index is 9.94. The van der Waals surface area contributed by atoms with Crippen LogP contribution < -0.4 is 0 Å². The van der Waals surface area contributed by atoms with Gasteiger partial charge in [0.1, 0.15) is 18.3 Å². The van der Waals surface area contributed by atoms with Crippen molar-refractivity contribution in [2.24, 2.45) is 0 Å². The molecule has 2 fully saturated rings. The predicted molar refractivity (Wildman–Crippen MR) is 92.7 cm³/mol. The molecule has 0 aromatic rings. The third kappa shape index (κ3) is 5.67. The molecule has 5 nitrogen and oxygen atoms in total. The Bertz CT molecular complexity index is 358. The van der Waals surface area contributed by atoms with Crippen LogP contribution in [-0.4, -0.2) is 48.2 Å². The lowest BCUT2D eigenvalue weighted by atomic mass is 10.1. The molecular formula is C19H36O5. The van der Waals surface area contributed by atoms with Gasteiger partial charge in [-0.25, -0.2) is 0 Å². The minimum absolute atomic E-state index is 0.256. The highest BCUT2D eigenvalue weighted by molar-refractivity contribution is 4.96. The molecule has 0 amide bonds. The zero-order valence-corrected chi connectivity index (χ0v) is 15.8. The average molecular weight is 344 g/mol. The number of hydrogen-bond donors (Lipinski definition) is 1. The van der Waals surface area contributed by atoms with Gasteiger partial charge in [-0.3, -0.25) is 0 Å². The van der Waals surface area contributed by atoms with Gasteiger partial charge in [-0.1, -0.05) is 51.9 Å². The topological polar surface area (TPSA) is 57.2 Å². The second-order valence-electron chi connectivity index (χ2n) is 7.62. The van der Waals surface area contributed by atoms with Gasteiger partial charge in [-0.05, 0) is 27.2 Å². The molecule has 0 saturated carbocycles. The zero-order valence-electron chi connectivity index (χ0n) is 15.8. The summed E-state index contributed by atoms with van der Waals surface area (Å²) in [4.78, 5) is 0. The summed E-state index contributed by atoms with van der Waals surface area (Å²) >= 11 is 0. The molecule has 24 heavy (non-hydrogen) atoms. The summed E-state index contributed by atoms with van der Waals surface area (Å²) in [7, 11) is 0. The first-order valence-electron chi connectivity index (χ1n) is 9.75. The van der Waals surface area contributed by atoms with E-state index in [1.165, 1.54) is 44.9 Å². The Labute approximate surface area is 147 Å². The van der Waals surface area contributed by atoms with Crippen molar-refractivity contribution in [1.82, 2.24) is 0 Å². The largest absolute Gasteiger partial charge is 0.391 e. The van der Waals surface area contributed by atoms with Crippen molar-refractivity contribution in [2.75, 3.05) is 6.61 Å². The summed E-state index contributed by atoms with van der Waals surface area (Å²) in [6.07, 6.45) is 8.23. The molecule has 5 heteroatoms. The Morgan fingerprint density at radius 2 is 1.62 bits per heavy atom. The number of unbranched alkanes of at least 4 members (excludes halogenated alkanes) is 7. The highest BCUT2D eigenvalue weighted by atomic mass is 16.8. The molecule has 2 aliphatic heterocycles. The second-order valence-corrected chi connectivity index (χ2v) is 7.62. The number of ether oxygens (including phenoxy) is 4. The number of aliphatic hydroxyl groups is 1. The summed E-state index contributed by atoms with van der Waals surface area (Å²) in [5.41, 5.74) is 0.